The summed E-state index contributed by atoms with van der Waals surface area (Å²) in [5, 5.41) is 0. The molecule has 2 heterocycles. The Bertz CT molecular complexity index is 816. The van der Waals surface area contributed by atoms with Crippen molar-refractivity contribution in [3.8, 4) is 5.75 Å². The molecule has 0 saturated carbocycles. The van der Waals surface area contributed by atoms with Crippen LogP contribution in [0.25, 0.3) is 0 Å². The number of methoxy groups -OCH3 is 1. The van der Waals surface area contributed by atoms with E-state index in [4.69, 9.17) is 9.47 Å². The van der Waals surface area contributed by atoms with Crippen LogP contribution in [0.5, 0.6) is 5.75 Å². The molecular weight excluding hydrogens is 334 g/mol. The molecule has 2 aromatic rings. The molecule has 0 radical (unpaired) electrons. The number of hydrogen-bond acceptors (Lipinski definition) is 5. The molecule has 1 aliphatic rings. The number of H-pyrrole nitrogens is 1. The molecule has 138 valence electrons. The first-order chi connectivity index (χ1) is 12.5. The van der Waals surface area contributed by atoms with Crippen molar-refractivity contribution < 1.29 is 14.3 Å². The molecule has 7 heteroatoms. The highest BCUT2D eigenvalue weighted by Crippen LogP contribution is 2.16. The summed E-state index contributed by atoms with van der Waals surface area (Å²) in [7, 11) is 1.64. The van der Waals surface area contributed by atoms with Crippen molar-refractivity contribution in [2.24, 2.45) is 0 Å². The maximum absolute atomic E-state index is 12.6. The van der Waals surface area contributed by atoms with Gasteiger partial charge in [0.05, 0.1) is 26.2 Å². The first-order valence-corrected chi connectivity index (χ1v) is 8.62. The number of aromatic nitrogens is 2. The van der Waals surface area contributed by atoms with Gasteiger partial charge in [0.15, 0.2) is 0 Å². The minimum absolute atomic E-state index is 0.0534. The third-order valence-corrected chi connectivity index (χ3v) is 4.46. The second-order valence-electron chi connectivity index (χ2n) is 6.38. The monoisotopic (exact) mass is 357 g/mol. The van der Waals surface area contributed by atoms with Crippen molar-refractivity contribution >= 4 is 5.91 Å². The Hall–Kier alpha value is -2.67. The molecule has 1 atom stereocenters. The number of aromatic amines is 1. The van der Waals surface area contributed by atoms with Crippen LogP contribution in [0, 0.1) is 6.92 Å². The second kappa shape index (κ2) is 8.14. The fourth-order valence-corrected chi connectivity index (χ4v) is 3.00. The second-order valence-corrected chi connectivity index (χ2v) is 6.38. The Morgan fingerprint density at radius 1 is 1.38 bits per heavy atom. The molecule has 1 amide bonds. The Morgan fingerprint density at radius 2 is 2.15 bits per heavy atom. The van der Waals surface area contributed by atoms with Gasteiger partial charge in [-0.2, -0.15) is 0 Å². The summed E-state index contributed by atoms with van der Waals surface area (Å²) in [6, 6.07) is 7.83. The molecule has 7 nitrogen and oxygen atoms in total. The average molecular weight is 357 g/mol. The van der Waals surface area contributed by atoms with E-state index in [1.54, 1.807) is 18.9 Å². The Kier molecular flexibility index (Phi) is 5.68. The summed E-state index contributed by atoms with van der Waals surface area (Å²) >= 11 is 0. The van der Waals surface area contributed by atoms with Crippen LogP contribution in [0.3, 0.4) is 0 Å². The Labute approximate surface area is 152 Å². The molecule has 1 aromatic heterocycles. The lowest BCUT2D eigenvalue weighted by Gasteiger charge is -2.33. The third kappa shape index (κ3) is 4.49. The molecule has 1 aliphatic heterocycles. The summed E-state index contributed by atoms with van der Waals surface area (Å²) in [5.74, 6) is 1.27. The van der Waals surface area contributed by atoms with Gasteiger partial charge in [-0.05, 0) is 24.6 Å². The first kappa shape index (κ1) is 18.1. The molecule has 1 N–H and O–H groups in total. The normalized spacial score (nSPS) is 17.2. The standard InChI is InChI=1S/C19H23N3O4/c1-13-20-11-15(19(24)21-13)10-18(23)22-7-8-26-17(12-22)9-14-3-5-16(25-2)6-4-14/h3-6,11,17H,7-10,12H2,1-2H3,(H,20,21,24)/t17-/m1/s1. The molecule has 3 rings (SSSR count). The van der Waals surface area contributed by atoms with Gasteiger partial charge in [0.25, 0.3) is 5.56 Å². The number of nitrogens with zero attached hydrogens (tertiary/aromatic N) is 2. The van der Waals surface area contributed by atoms with Crippen LogP contribution < -0.4 is 10.3 Å². The lowest BCUT2D eigenvalue weighted by Crippen LogP contribution is -2.47. The minimum atomic E-state index is -0.256. The van der Waals surface area contributed by atoms with Crippen molar-refractivity contribution in [3.63, 3.8) is 0 Å². The van der Waals surface area contributed by atoms with E-state index in [0.29, 0.717) is 31.1 Å². The quantitative estimate of drug-likeness (QED) is 0.866. The van der Waals surface area contributed by atoms with Gasteiger partial charge in [-0.3, -0.25) is 9.59 Å². The zero-order chi connectivity index (χ0) is 18.5. The molecule has 0 aliphatic carbocycles. The maximum Gasteiger partial charge on any atom is 0.254 e. The summed E-state index contributed by atoms with van der Waals surface area (Å²) in [4.78, 5) is 32.9. The van der Waals surface area contributed by atoms with E-state index in [9.17, 15) is 9.59 Å². The van der Waals surface area contributed by atoms with Crippen molar-refractivity contribution in [1.29, 1.82) is 0 Å². The van der Waals surface area contributed by atoms with Crippen molar-refractivity contribution in [2.75, 3.05) is 26.8 Å². The molecule has 26 heavy (non-hydrogen) atoms. The van der Waals surface area contributed by atoms with Crippen LogP contribution in [0.15, 0.2) is 35.3 Å². The average Bonchev–Trinajstić information content (AvgIpc) is 2.65. The van der Waals surface area contributed by atoms with E-state index in [-0.39, 0.29) is 24.0 Å². The summed E-state index contributed by atoms with van der Waals surface area (Å²) in [5.41, 5.74) is 1.26. The van der Waals surface area contributed by atoms with Gasteiger partial charge in [-0.25, -0.2) is 4.98 Å². The van der Waals surface area contributed by atoms with Gasteiger partial charge in [0, 0.05) is 31.3 Å². The van der Waals surface area contributed by atoms with Crippen molar-refractivity contribution in [1.82, 2.24) is 14.9 Å². The molecule has 0 spiro atoms. The number of carbonyl (C=O) groups is 1. The van der Waals surface area contributed by atoms with E-state index in [0.717, 1.165) is 17.7 Å². The molecule has 1 fully saturated rings. The van der Waals surface area contributed by atoms with Crippen LogP contribution in [-0.4, -0.2) is 53.7 Å². The molecule has 0 bridgehead atoms. The lowest BCUT2D eigenvalue weighted by molar-refractivity contribution is -0.138. The zero-order valence-electron chi connectivity index (χ0n) is 15.0. The number of carbonyl (C=O) groups excluding carboxylic acids is 1. The molecule has 1 saturated heterocycles. The SMILES string of the molecule is COc1ccc(C[C@@H]2CN(C(=O)Cc3cnc(C)[nH]c3=O)CCO2)cc1. The van der Waals surface area contributed by atoms with Crippen LogP contribution in [0.2, 0.25) is 0 Å². The number of morpholine rings is 1. The first-order valence-electron chi connectivity index (χ1n) is 8.62. The van der Waals surface area contributed by atoms with E-state index in [2.05, 4.69) is 9.97 Å². The van der Waals surface area contributed by atoms with Gasteiger partial charge < -0.3 is 19.4 Å². The van der Waals surface area contributed by atoms with E-state index in [1.807, 2.05) is 24.3 Å². The highest BCUT2D eigenvalue weighted by Gasteiger charge is 2.25. The van der Waals surface area contributed by atoms with Gasteiger partial charge in [0.1, 0.15) is 11.6 Å². The van der Waals surface area contributed by atoms with E-state index < -0.39 is 0 Å². The predicted molar refractivity (Wildman–Crippen MR) is 96.3 cm³/mol. The summed E-state index contributed by atoms with van der Waals surface area (Å²) in [6.07, 6.45) is 2.19. The smallest absolute Gasteiger partial charge is 0.254 e. The van der Waals surface area contributed by atoms with Crippen LogP contribution in [-0.2, 0) is 22.4 Å². The van der Waals surface area contributed by atoms with Crippen molar-refractivity contribution in [3.05, 3.63) is 57.8 Å². The topological polar surface area (TPSA) is 84.5 Å². The Morgan fingerprint density at radius 3 is 2.85 bits per heavy atom. The number of ether oxygens (including phenoxy) is 2. The summed E-state index contributed by atoms with van der Waals surface area (Å²) < 4.78 is 11.0. The number of aryl methyl sites for hydroxylation is 1. The highest BCUT2D eigenvalue weighted by atomic mass is 16.5. The van der Waals surface area contributed by atoms with E-state index in [1.165, 1.54) is 6.20 Å². The van der Waals surface area contributed by atoms with Gasteiger partial charge in [0.2, 0.25) is 5.91 Å². The number of benzene rings is 1. The number of hydrogen-bond donors (Lipinski definition) is 1. The Balaban J connectivity index is 1.60. The molecule has 1 aromatic carbocycles. The lowest BCUT2D eigenvalue weighted by atomic mass is 10.1. The van der Waals surface area contributed by atoms with Gasteiger partial charge in [-0.15, -0.1) is 0 Å². The van der Waals surface area contributed by atoms with Crippen LogP contribution >= 0.6 is 0 Å². The predicted octanol–water partition coefficient (Wildman–Crippen LogP) is 1.10. The number of amides is 1. The molecule has 0 unspecified atom stereocenters. The van der Waals surface area contributed by atoms with E-state index >= 15 is 0 Å². The highest BCUT2D eigenvalue weighted by molar-refractivity contribution is 5.78. The largest absolute Gasteiger partial charge is 0.497 e. The fraction of sp³-hybridized carbons (Fsp3) is 0.421. The molecular formula is C19H23N3O4. The van der Waals surface area contributed by atoms with Crippen molar-refractivity contribution in [2.45, 2.75) is 25.9 Å². The minimum Gasteiger partial charge on any atom is -0.497 e. The number of rotatable bonds is 5. The summed E-state index contributed by atoms with van der Waals surface area (Å²) in [6.45, 7) is 3.25. The van der Waals surface area contributed by atoms with Gasteiger partial charge >= 0.3 is 0 Å². The maximum atomic E-state index is 12.6. The third-order valence-electron chi connectivity index (χ3n) is 4.46. The number of nitrogens with one attached hydrogen (secondary N) is 1. The zero-order valence-corrected chi connectivity index (χ0v) is 15.0. The van der Waals surface area contributed by atoms with Crippen LogP contribution in [0.4, 0.5) is 0 Å². The van der Waals surface area contributed by atoms with Crippen LogP contribution in [0.1, 0.15) is 17.0 Å². The van der Waals surface area contributed by atoms with Gasteiger partial charge in [-0.1, -0.05) is 12.1 Å². The fourth-order valence-electron chi connectivity index (χ4n) is 3.00.